The standard InChI is InChI=1S/C30H24N6O5/c1-18-15-24(34-41-18)28-27(30(38)36(35(28)2)19-7-5-4-6-8-19)29(37)33-26-12-10-21(17-32-26)40-25-13-14-31-23-16-20(39-3)9-11-22(23)25/h4-17H,1-3H3,(H,32,33,37). The van der Waals surface area contributed by atoms with Gasteiger partial charge in [0.25, 0.3) is 11.5 Å². The molecule has 4 heterocycles. The molecule has 0 aliphatic rings. The molecule has 0 saturated heterocycles. The first-order valence-electron chi connectivity index (χ1n) is 12.6. The molecule has 4 aromatic heterocycles. The number of benzene rings is 2. The Bertz CT molecular complexity index is 1940. The van der Waals surface area contributed by atoms with Crippen molar-refractivity contribution in [3.63, 3.8) is 0 Å². The summed E-state index contributed by atoms with van der Waals surface area (Å²) in [6.45, 7) is 1.74. The lowest BCUT2D eigenvalue weighted by atomic mass is 10.1. The van der Waals surface area contributed by atoms with Crippen LogP contribution in [-0.2, 0) is 7.05 Å². The fraction of sp³-hybridized carbons (Fsp3) is 0.100. The zero-order chi connectivity index (χ0) is 28.5. The Kier molecular flexibility index (Phi) is 6.52. The summed E-state index contributed by atoms with van der Waals surface area (Å²) < 4.78 is 19.6. The number of aryl methyl sites for hydroxylation is 1. The summed E-state index contributed by atoms with van der Waals surface area (Å²) in [5, 5.41) is 7.59. The van der Waals surface area contributed by atoms with Gasteiger partial charge < -0.3 is 19.3 Å². The van der Waals surface area contributed by atoms with Crippen LogP contribution in [0.15, 0.2) is 94.5 Å². The average molecular weight is 549 g/mol. The normalized spacial score (nSPS) is 11.0. The van der Waals surface area contributed by atoms with Crippen LogP contribution in [0.1, 0.15) is 16.1 Å². The van der Waals surface area contributed by atoms with Crippen LogP contribution in [0, 0.1) is 6.92 Å². The number of carbonyl (C=O) groups is 1. The molecule has 0 aliphatic carbocycles. The van der Waals surface area contributed by atoms with Gasteiger partial charge in [-0.15, -0.1) is 0 Å². The van der Waals surface area contributed by atoms with Crippen LogP contribution in [0.5, 0.6) is 17.2 Å². The molecule has 6 aromatic rings. The lowest BCUT2D eigenvalue weighted by Crippen LogP contribution is -2.25. The number of aromatic nitrogens is 5. The molecular formula is C30H24N6O5. The molecule has 0 spiro atoms. The van der Waals surface area contributed by atoms with E-state index >= 15 is 0 Å². The van der Waals surface area contributed by atoms with Gasteiger partial charge >= 0.3 is 0 Å². The molecule has 1 N–H and O–H groups in total. The summed E-state index contributed by atoms with van der Waals surface area (Å²) in [4.78, 5) is 35.8. The van der Waals surface area contributed by atoms with Crippen LogP contribution < -0.4 is 20.3 Å². The van der Waals surface area contributed by atoms with Crippen molar-refractivity contribution in [2.45, 2.75) is 6.92 Å². The molecule has 0 unspecified atom stereocenters. The molecule has 0 aliphatic heterocycles. The maximum Gasteiger partial charge on any atom is 0.285 e. The summed E-state index contributed by atoms with van der Waals surface area (Å²) in [6.07, 6.45) is 3.13. The Morgan fingerprint density at radius 1 is 0.976 bits per heavy atom. The average Bonchev–Trinajstić information content (AvgIpc) is 3.53. The molecule has 41 heavy (non-hydrogen) atoms. The Morgan fingerprint density at radius 2 is 1.78 bits per heavy atom. The minimum Gasteiger partial charge on any atom is -0.497 e. The van der Waals surface area contributed by atoms with Crippen LogP contribution in [-0.4, -0.2) is 37.5 Å². The highest BCUT2D eigenvalue weighted by molar-refractivity contribution is 6.07. The monoisotopic (exact) mass is 548 g/mol. The van der Waals surface area contributed by atoms with E-state index in [1.165, 1.54) is 10.9 Å². The van der Waals surface area contributed by atoms with E-state index in [9.17, 15) is 9.59 Å². The van der Waals surface area contributed by atoms with E-state index < -0.39 is 11.5 Å². The van der Waals surface area contributed by atoms with Gasteiger partial charge in [0, 0.05) is 30.8 Å². The van der Waals surface area contributed by atoms with Gasteiger partial charge in [-0.1, -0.05) is 23.4 Å². The van der Waals surface area contributed by atoms with Crippen molar-refractivity contribution in [1.82, 2.24) is 24.5 Å². The second kappa shape index (κ2) is 10.5. The van der Waals surface area contributed by atoms with E-state index in [-0.39, 0.29) is 11.4 Å². The van der Waals surface area contributed by atoms with Crippen molar-refractivity contribution >= 4 is 22.6 Å². The van der Waals surface area contributed by atoms with E-state index in [0.29, 0.717) is 40.1 Å². The molecule has 0 bridgehead atoms. The van der Waals surface area contributed by atoms with E-state index in [4.69, 9.17) is 14.0 Å². The topological polar surface area (TPSA) is 126 Å². The molecule has 1 amide bonds. The molecule has 6 rings (SSSR count). The van der Waals surface area contributed by atoms with Gasteiger partial charge in [-0.25, -0.2) is 9.67 Å². The molecule has 0 fully saturated rings. The summed E-state index contributed by atoms with van der Waals surface area (Å²) in [6, 6.07) is 21.3. The van der Waals surface area contributed by atoms with Gasteiger partial charge in [0.1, 0.15) is 45.8 Å². The highest BCUT2D eigenvalue weighted by Crippen LogP contribution is 2.31. The van der Waals surface area contributed by atoms with Crippen molar-refractivity contribution in [1.29, 1.82) is 0 Å². The third-order valence-electron chi connectivity index (χ3n) is 6.48. The lowest BCUT2D eigenvalue weighted by molar-refractivity contribution is 0.102. The highest BCUT2D eigenvalue weighted by atomic mass is 16.5. The van der Waals surface area contributed by atoms with E-state index in [1.807, 2.05) is 36.4 Å². The Hall–Kier alpha value is -5.71. The van der Waals surface area contributed by atoms with E-state index in [0.717, 1.165) is 10.9 Å². The van der Waals surface area contributed by atoms with E-state index in [2.05, 4.69) is 20.4 Å². The minimum atomic E-state index is -0.633. The highest BCUT2D eigenvalue weighted by Gasteiger charge is 2.28. The molecule has 2 aromatic carbocycles. The predicted octanol–water partition coefficient (Wildman–Crippen LogP) is 5.14. The molecule has 0 saturated carbocycles. The first kappa shape index (κ1) is 25.6. The van der Waals surface area contributed by atoms with Crippen LogP contribution in [0.25, 0.3) is 28.0 Å². The number of amides is 1. The minimum absolute atomic E-state index is 0.0922. The van der Waals surface area contributed by atoms with Crippen LogP contribution in [0.2, 0.25) is 0 Å². The number of nitrogens with one attached hydrogen (secondary N) is 1. The first-order valence-corrected chi connectivity index (χ1v) is 12.6. The molecule has 204 valence electrons. The molecule has 0 atom stereocenters. The maximum absolute atomic E-state index is 13.6. The van der Waals surface area contributed by atoms with Crippen molar-refractivity contribution in [3.8, 4) is 34.3 Å². The molecular weight excluding hydrogens is 524 g/mol. The number of pyridine rings is 2. The lowest BCUT2D eigenvalue weighted by Gasteiger charge is -2.10. The Morgan fingerprint density at radius 3 is 2.49 bits per heavy atom. The zero-order valence-electron chi connectivity index (χ0n) is 22.4. The van der Waals surface area contributed by atoms with Gasteiger partial charge in [-0.3, -0.25) is 19.3 Å². The fourth-order valence-corrected chi connectivity index (χ4v) is 4.58. The van der Waals surface area contributed by atoms with Crippen LogP contribution >= 0.6 is 0 Å². The summed E-state index contributed by atoms with van der Waals surface area (Å²) in [7, 11) is 3.29. The summed E-state index contributed by atoms with van der Waals surface area (Å²) in [5.74, 6) is 1.89. The molecule has 11 nitrogen and oxygen atoms in total. The van der Waals surface area contributed by atoms with Crippen LogP contribution in [0.3, 0.4) is 0 Å². The largest absolute Gasteiger partial charge is 0.497 e. The second-order valence-electron chi connectivity index (χ2n) is 9.15. The maximum atomic E-state index is 13.6. The van der Waals surface area contributed by atoms with Crippen molar-refractivity contribution in [3.05, 3.63) is 107 Å². The number of nitrogens with zero attached hydrogens (tertiary/aromatic N) is 5. The Balaban J connectivity index is 1.29. The summed E-state index contributed by atoms with van der Waals surface area (Å²) in [5.41, 5.74) is 1.40. The number of hydrogen-bond acceptors (Lipinski definition) is 8. The molecule has 0 radical (unpaired) electrons. The number of fused-ring (bicyclic) bond motifs is 1. The smallest absolute Gasteiger partial charge is 0.285 e. The first-order chi connectivity index (χ1) is 19.9. The molecule has 11 heteroatoms. The number of hydrogen-bond donors (Lipinski definition) is 1. The van der Waals surface area contributed by atoms with Gasteiger partial charge in [0.05, 0.1) is 24.5 Å². The van der Waals surface area contributed by atoms with E-state index in [1.54, 1.807) is 68.4 Å². The predicted molar refractivity (Wildman–Crippen MR) is 152 cm³/mol. The van der Waals surface area contributed by atoms with Gasteiger partial charge in [0.15, 0.2) is 0 Å². The second-order valence-corrected chi connectivity index (χ2v) is 9.15. The van der Waals surface area contributed by atoms with Crippen molar-refractivity contribution < 1.29 is 18.8 Å². The fourth-order valence-electron chi connectivity index (χ4n) is 4.58. The SMILES string of the molecule is COc1ccc2c(Oc3ccc(NC(=O)c4c(-c5cc(C)on5)n(C)n(-c5ccccc5)c4=O)nc3)ccnc2c1. The van der Waals surface area contributed by atoms with Crippen LogP contribution in [0.4, 0.5) is 5.82 Å². The number of carbonyl (C=O) groups excluding carboxylic acids is 1. The van der Waals surface area contributed by atoms with Gasteiger partial charge in [0.2, 0.25) is 0 Å². The third kappa shape index (κ3) is 4.80. The van der Waals surface area contributed by atoms with Crippen molar-refractivity contribution in [2.24, 2.45) is 7.05 Å². The number of anilines is 1. The Labute approximate surface area is 233 Å². The number of rotatable bonds is 7. The van der Waals surface area contributed by atoms with Gasteiger partial charge in [-0.05, 0) is 49.4 Å². The number of methoxy groups -OCH3 is 1. The quantitative estimate of drug-likeness (QED) is 0.291. The zero-order valence-corrected chi connectivity index (χ0v) is 22.4. The number of ether oxygens (including phenoxy) is 2. The van der Waals surface area contributed by atoms with Gasteiger partial charge in [-0.2, -0.15) is 0 Å². The third-order valence-corrected chi connectivity index (χ3v) is 6.48. The summed E-state index contributed by atoms with van der Waals surface area (Å²) >= 11 is 0. The number of para-hydroxylation sites is 1. The van der Waals surface area contributed by atoms with Crippen molar-refractivity contribution in [2.75, 3.05) is 12.4 Å².